The highest BCUT2D eigenvalue weighted by Crippen LogP contribution is 2.19. The fourth-order valence-corrected chi connectivity index (χ4v) is 3.45. The molecule has 0 bridgehead atoms. The maximum Gasteiger partial charge on any atom is 0.355 e. The lowest BCUT2D eigenvalue weighted by Gasteiger charge is -2.16. The Morgan fingerprint density at radius 1 is 1.09 bits per heavy atom. The average molecular weight is 474 g/mol. The summed E-state index contributed by atoms with van der Waals surface area (Å²) in [6.45, 7) is -0.502. The van der Waals surface area contributed by atoms with Crippen molar-refractivity contribution in [1.82, 2.24) is 19.1 Å². The molecular formula is C24H19FN6O4. The number of ether oxygens (including phenoxy) is 1. The van der Waals surface area contributed by atoms with E-state index >= 15 is 0 Å². The molecule has 0 aliphatic carbocycles. The van der Waals surface area contributed by atoms with Gasteiger partial charge in [0.25, 0.3) is 5.56 Å². The van der Waals surface area contributed by atoms with Crippen molar-refractivity contribution < 1.29 is 9.13 Å². The van der Waals surface area contributed by atoms with Crippen molar-refractivity contribution in [2.45, 2.75) is 13.1 Å². The van der Waals surface area contributed by atoms with Gasteiger partial charge in [-0.1, -0.05) is 6.07 Å². The molecular weight excluding hydrogens is 455 g/mol. The third-order valence-electron chi connectivity index (χ3n) is 5.15. The number of pyridine rings is 1. The Balaban J connectivity index is 1.83. The van der Waals surface area contributed by atoms with E-state index in [9.17, 15) is 24.0 Å². The van der Waals surface area contributed by atoms with Crippen molar-refractivity contribution in [3.05, 3.63) is 115 Å². The number of nitriles is 1. The van der Waals surface area contributed by atoms with Gasteiger partial charge in [-0.05, 0) is 54.1 Å². The summed E-state index contributed by atoms with van der Waals surface area (Å²) in [7, 11) is 1.52. The zero-order valence-corrected chi connectivity index (χ0v) is 18.5. The predicted octanol–water partition coefficient (Wildman–Crippen LogP) is 1.95. The van der Waals surface area contributed by atoms with Crippen LogP contribution in [0.2, 0.25) is 0 Å². The maximum absolute atomic E-state index is 14.0. The Kier molecular flexibility index (Phi) is 6.55. The zero-order valence-electron chi connectivity index (χ0n) is 18.5. The molecule has 35 heavy (non-hydrogen) atoms. The Labute approximate surface area is 197 Å². The van der Waals surface area contributed by atoms with Gasteiger partial charge in [0.1, 0.15) is 11.6 Å². The Hall–Kier alpha value is -4.98. The first kappa shape index (κ1) is 23.2. The molecule has 0 saturated carbocycles. The van der Waals surface area contributed by atoms with Crippen molar-refractivity contribution in [2.24, 2.45) is 0 Å². The SMILES string of the molecule is COc1ccc(Nc2nc(=O)n(Cc3ccc[nH]c3=O)c(=O)n2Cc2cc(F)cc(C#N)c2)cc1. The largest absolute Gasteiger partial charge is 0.497 e. The monoisotopic (exact) mass is 474 g/mol. The number of nitrogens with zero attached hydrogens (tertiary/aromatic N) is 4. The van der Waals surface area contributed by atoms with Crippen molar-refractivity contribution in [3.63, 3.8) is 0 Å². The Bertz CT molecular complexity index is 1600. The molecule has 0 saturated heterocycles. The van der Waals surface area contributed by atoms with E-state index in [0.29, 0.717) is 17.0 Å². The van der Waals surface area contributed by atoms with Gasteiger partial charge in [0.05, 0.1) is 31.8 Å². The van der Waals surface area contributed by atoms with Crippen LogP contribution in [-0.4, -0.2) is 26.2 Å². The summed E-state index contributed by atoms with van der Waals surface area (Å²) in [4.78, 5) is 44.8. The van der Waals surface area contributed by atoms with Crippen molar-refractivity contribution in [2.75, 3.05) is 12.4 Å². The third-order valence-corrected chi connectivity index (χ3v) is 5.15. The van der Waals surface area contributed by atoms with Gasteiger partial charge in [0.2, 0.25) is 5.95 Å². The molecule has 0 aliphatic rings. The van der Waals surface area contributed by atoms with Gasteiger partial charge in [-0.3, -0.25) is 9.36 Å². The second kappa shape index (κ2) is 9.88. The van der Waals surface area contributed by atoms with E-state index in [2.05, 4.69) is 15.3 Å². The molecule has 2 N–H and O–H groups in total. The lowest BCUT2D eigenvalue weighted by Crippen LogP contribution is -2.43. The molecule has 11 heteroatoms. The number of rotatable bonds is 7. The summed E-state index contributed by atoms with van der Waals surface area (Å²) < 4.78 is 21.1. The molecule has 0 amide bonds. The van der Waals surface area contributed by atoms with Crippen molar-refractivity contribution >= 4 is 11.6 Å². The number of hydrogen-bond acceptors (Lipinski definition) is 7. The molecule has 176 valence electrons. The number of halogens is 1. The van der Waals surface area contributed by atoms with Crippen molar-refractivity contribution in [3.8, 4) is 11.8 Å². The summed E-state index contributed by atoms with van der Waals surface area (Å²) in [6, 6.07) is 15.3. The van der Waals surface area contributed by atoms with Gasteiger partial charge in [-0.2, -0.15) is 10.2 Å². The summed E-state index contributed by atoms with van der Waals surface area (Å²) in [5.41, 5.74) is -1.00. The highest BCUT2D eigenvalue weighted by atomic mass is 19.1. The maximum atomic E-state index is 14.0. The fraction of sp³-hybridized carbons (Fsp3) is 0.125. The number of anilines is 2. The predicted molar refractivity (Wildman–Crippen MR) is 125 cm³/mol. The minimum absolute atomic E-state index is 0.0785. The van der Waals surface area contributed by atoms with Crippen LogP contribution in [0.5, 0.6) is 5.75 Å². The van der Waals surface area contributed by atoms with Crippen LogP contribution < -0.4 is 27.0 Å². The first-order chi connectivity index (χ1) is 16.9. The second-order valence-electron chi connectivity index (χ2n) is 7.51. The number of aromatic amines is 1. The minimum atomic E-state index is -0.873. The van der Waals surface area contributed by atoms with Gasteiger partial charge >= 0.3 is 11.4 Å². The first-order valence-electron chi connectivity index (χ1n) is 10.4. The third kappa shape index (κ3) is 5.17. The molecule has 0 aliphatic heterocycles. The lowest BCUT2D eigenvalue weighted by molar-refractivity contribution is 0.415. The molecule has 0 unspecified atom stereocenters. The first-order valence-corrected chi connectivity index (χ1v) is 10.4. The van der Waals surface area contributed by atoms with E-state index in [1.54, 1.807) is 30.3 Å². The number of H-pyrrole nitrogens is 1. The number of hydrogen-bond donors (Lipinski definition) is 2. The van der Waals surface area contributed by atoms with E-state index in [-0.39, 0.29) is 30.2 Å². The van der Waals surface area contributed by atoms with Crippen LogP contribution >= 0.6 is 0 Å². The molecule has 2 aromatic carbocycles. The molecule has 0 spiro atoms. The molecule has 2 heterocycles. The van der Waals surface area contributed by atoms with Crippen LogP contribution in [0.4, 0.5) is 16.0 Å². The number of methoxy groups -OCH3 is 1. The van der Waals surface area contributed by atoms with Gasteiger partial charge < -0.3 is 15.0 Å². The van der Waals surface area contributed by atoms with Crippen LogP contribution in [0.15, 0.2) is 75.2 Å². The minimum Gasteiger partial charge on any atom is -0.497 e. The van der Waals surface area contributed by atoms with E-state index in [1.165, 1.54) is 31.5 Å². The highest BCUT2D eigenvalue weighted by molar-refractivity contribution is 5.54. The molecule has 4 aromatic rings. The van der Waals surface area contributed by atoms with Gasteiger partial charge in [0, 0.05) is 17.4 Å². The van der Waals surface area contributed by atoms with Gasteiger partial charge in [-0.25, -0.2) is 18.5 Å². The number of benzene rings is 2. The second-order valence-corrected chi connectivity index (χ2v) is 7.51. The molecule has 10 nitrogen and oxygen atoms in total. The van der Waals surface area contributed by atoms with E-state index < -0.39 is 22.8 Å². The van der Waals surface area contributed by atoms with Gasteiger partial charge in [0.15, 0.2) is 0 Å². The number of nitrogens with one attached hydrogen (secondary N) is 2. The zero-order chi connectivity index (χ0) is 24.9. The van der Waals surface area contributed by atoms with Crippen LogP contribution in [0.1, 0.15) is 16.7 Å². The summed E-state index contributed by atoms with van der Waals surface area (Å²) in [5.74, 6) is -0.131. The van der Waals surface area contributed by atoms with Crippen molar-refractivity contribution in [1.29, 1.82) is 5.26 Å². The summed E-state index contributed by atoms with van der Waals surface area (Å²) >= 11 is 0. The van der Waals surface area contributed by atoms with Crippen LogP contribution in [-0.2, 0) is 13.1 Å². The molecule has 0 atom stereocenters. The average Bonchev–Trinajstić information content (AvgIpc) is 2.85. The summed E-state index contributed by atoms with van der Waals surface area (Å²) in [6.07, 6.45) is 1.43. The lowest BCUT2D eigenvalue weighted by atomic mass is 10.1. The smallest absolute Gasteiger partial charge is 0.355 e. The van der Waals surface area contributed by atoms with Crippen LogP contribution in [0.3, 0.4) is 0 Å². The summed E-state index contributed by atoms with van der Waals surface area (Å²) in [5, 5.41) is 12.1. The molecule has 0 fully saturated rings. The number of aromatic nitrogens is 4. The van der Waals surface area contributed by atoms with Crippen LogP contribution in [0, 0.1) is 17.1 Å². The highest BCUT2D eigenvalue weighted by Gasteiger charge is 2.16. The molecule has 4 rings (SSSR count). The standard InChI is InChI=1S/C24H19FN6O4/c1-35-20-6-4-19(5-7-20)28-22-29-23(33)31(14-17-3-2-8-27-21(17)32)24(34)30(22)13-16-9-15(12-26)10-18(25)11-16/h2-11H,13-14H2,1H3,(H,27,32)(H,28,29,33). The van der Waals surface area contributed by atoms with E-state index in [0.717, 1.165) is 15.2 Å². The molecule has 2 aromatic heterocycles. The Morgan fingerprint density at radius 2 is 1.86 bits per heavy atom. The fourth-order valence-electron chi connectivity index (χ4n) is 3.45. The normalized spacial score (nSPS) is 10.5. The Morgan fingerprint density at radius 3 is 2.54 bits per heavy atom. The van der Waals surface area contributed by atoms with Crippen LogP contribution in [0.25, 0.3) is 0 Å². The van der Waals surface area contributed by atoms with E-state index in [4.69, 9.17) is 4.74 Å². The molecule has 0 radical (unpaired) electrons. The topological polar surface area (TPSA) is 135 Å². The van der Waals surface area contributed by atoms with E-state index in [1.807, 2.05) is 6.07 Å². The quantitative estimate of drug-likeness (QED) is 0.418. The van der Waals surface area contributed by atoms with Gasteiger partial charge in [-0.15, -0.1) is 0 Å².